The van der Waals surface area contributed by atoms with E-state index in [4.69, 9.17) is 10.00 Å². The molecule has 0 radical (unpaired) electrons. The van der Waals surface area contributed by atoms with Gasteiger partial charge in [0.05, 0.1) is 23.7 Å². The quantitative estimate of drug-likeness (QED) is 0.472. The number of hydrogen-bond donors (Lipinski definition) is 0. The van der Waals surface area contributed by atoms with E-state index in [0.717, 1.165) is 12.1 Å². The first-order valence-corrected chi connectivity index (χ1v) is 5.39. The van der Waals surface area contributed by atoms with Crippen molar-refractivity contribution in [3.05, 3.63) is 39.7 Å². The molecule has 7 heteroatoms. The molecule has 1 unspecified atom stereocenters. The van der Waals surface area contributed by atoms with Gasteiger partial charge in [0.2, 0.25) is 0 Å². The summed E-state index contributed by atoms with van der Waals surface area (Å²) >= 11 is 0. The van der Waals surface area contributed by atoms with Gasteiger partial charge < -0.3 is 4.74 Å². The molecule has 0 heterocycles. The molecule has 0 N–H and O–H groups in total. The van der Waals surface area contributed by atoms with Crippen molar-refractivity contribution in [2.75, 3.05) is 6.61 Å². The topological polar surface area (TPSA) is 93.2 Å². The van der Waals surface area contributed by atoms with Crippen molar-refractivity contribution in [2.45, 2.75) is 19.3 Å². The van der Waals surface area contributed by atoms with Gasteiger partial charge in [0.1, 0.15) is 5.82 Å². The molecule has 0 saturated heterocycles. The Bertz CT molecular complexity index is 567. The van der Waals surface area contributed by atoms with E-state index < -0.39 is 27.8 Å². The summed E-state index contributed by atoms with van der Waals surface area (Å²) in [5, 5.41) is 19.6. The molecule has 0 spiro atoms. The van der Waals surface area contributed by atoms with Gasteiger partial charge >= 0.3 is 5.97 Å². The lowest BCUT2D eigenvalue weighted by Gasteiger charge is -2.20. The number of halogens is 1. The zero-order valence-electron chi connectivity index (χ0n) is 10.3. The van der Waals surface area contributed by atoms with Crippen molar-refractivity contribution in [1.29, 1.82) is 5.26 Å². The van der Waals surface area contributed by atoms with Crippen LogP contribution in [0.15, 0.2) is 18.2 Å². The van der Waals surface area contributed by atoms with E-state index in [9.17, 15) is 19.3 Å². The summed E-state index contributed by atoms with van der Waals surface area (Å²) in [6.45, 7) is 2.81. The summed E-state index contributed by atoms with van der Waals surface area (Å²) in [6.07, 6.45) is 0. The van der Waals surface area contributed by atoms with Crippen molar-refractivity contribution < 1.29 is 18.8 Å². The summed E-state index contributed by atoms with van der Waals surface area (Å²) in [5.74, 6) is -1.89. The predicted molar refractivity (Wildman–Crippen MR) is 62.7 cm³/mol. The van der Waals surface area contributed by atoms with Crippen LogP contribution in [0, 0.1) is 27.3 Å². The summed E-state index contributed by atoms with van der Waals surface area (Å²) in [5.41, 5.74) is -2.54. The van der Waals surface area contributed by atoms with E-state index in [-0.39, 0.29) is 12.2 Å². The minimum absolute atomic E-state index is 0.0463. The Hall–Kier alpha value is -2.49. The molecular weight excluding hydrogens is 255 g/mol. The zero-order valence-corrected chi connectivity index (χ0v) is 10.3. The predicted octanol–water partition coefficient (Wildman–Crippen LogP) is 2.08. The van der Waals surface area contributed by atoms with Crippen molar-refractivity contribution in [3.63, 3.8) is 0 Å². The van der Waals surface area contributed by atoms with Gasteiger partial charge in [-0.25, -0.2) is 9.18 Å². The molecular formula is C12H11FN2O4. The van der Waals surface area contributed by atoms with Crippen LogP contribution in [-0.2, 0) is 14.9 Å². The van der Waals surface area contributed by atoms with Gasteiger partial charge in [0.15, 0.2) is 5.41 Å². The Morgan fingerprint density at radius 2 is 2.26 bits per heavy atom. The second-order valence-corrected chi connectivity index (χ2v) is 3.88. The Balaban J connectivity index is 3.31. The summed E-state index contributed by atoms with van der Waals surface area (Å²) in [7, 11) is 0. The van der Waals surface area contributed by atoms with Gasteiger partial charge in [0.25, 0.3) is 5.69 Å². The van der Waals surface area contributed by atoms with Crippen LogP contribution in [0.25, 0.3) is 0 Å². The fraction of sp³-hybridized carbons (Fsp3) is 0.333. The molecule has 1 rings (SSSR count). The molecule has 1 atom stereocenters. The van der Waals surface area contributed by atoms with Gasteiger partial charge in [-0.05, 0) is 19.9 Å². The highest BCUT2D eigenvalue weighted by Gasteiger charge is 2.40. The lowest BCUT2D eigenvalue weighted by Crippen LogP contribution is -2.33. The Morgan fingerprint density at radius 3 is 2.68 bits per heavy atom. The third-order valence-corrected chi connectivity index (χ3v) is 2.61. The first-order chi connectivity index (χ1) is 8.86. The molecule has 0 aliphatic carbocycles. The van der Waals surface area contributed by atoms with E-state index >= 15 is 0 Å². The summed E-state index contributed by atoms with van der Waals surface area (Å²) in [6, 6.07) is 4.44. The average molecular weight is 266 g/mol. The highest BCUT2D eigenvalue weighted by Crippen LogP contribution is 2.29. The molecule has 100 valence electrons. The van der Waals surface area contributed by atoms with E-state index in [0.29, 0.717) is 6.07 Å². The number of nitriles is 1. The standard InChI is InChI=1S/C12H11FN2O4/c1-3-19-11(16)12(2,7-14)9-5-4-8(15(17)18)6-10(9)13/h4-6H,3H2,1-2H3. The molecule has 19 heavy (non-hydrogen) atoms. The fourth-order valence-electron chi connectivity index (χ4n) is 1.51. The minimum atomic E-state index is -1.84. The Labute approximate surface area is 108 Å². The number of carbonyl (C=O) groups is 1. The molecule has 0 fully saturated rings. The van der Waals surface area contributed by atoms with Gasteiger partial charge in [-0.1, -0.05) is 0 Å². The number of rotatable bonds is 4. The number of ether oxygens (including phenoxy) is 1. The van der Waals surface area contributed by atoms with Crippen LogP contribution in [0.1, 0.15) is 19.4 Å². The largest absolute Gasteiger partial charge is 0.465 e. The maximum Gasteiger partial charge on any atom is 0.330 e. The number of nitrogens with zero attached hydrogens (tertiary/aromatic N) is 2. The molecule has 1 aromatic rings. The van der Waals surface area contributed by atoms with Crippen molar-refractivity contribution >= 4 is 11.7 Å². The van der Waals surface area contributed by atoms with Crippen LogP contribution in [0.2, 0.25) is 0 Å². The number of non-ortho nitro benzene ring substituents is 1. The molecule has 0 aromatic heterocycles. The number of esters is 1. The maximum atomic E-state index is 13.8. The van der Waals surface area contributed by atoms with Crippen LogP contribution >= 0.6 is 0 Å². The fourth-order valence-corrected chi connectivity index (χ4v) is 1.51. The number of nitro groups is 1. The number of carbonyl (C=O) groups excluding carboxylic acids is 1. The number of hydrogen-bond acceptors (Lipinski definition) is 5. The summed E-state index contributed by atoms with van der Waals surface area (Å²) < 4.78 is 18.6. The number of nitro benzene ring substituents is 1. The highest BCUT2D eigenvalue weighted by atomic mass is 19.1. The first-order valence-electron chi connectivity index (χ1n) is 5.39. The van der Waals surface area contributed by atoms with Crippen LogP contribution in [0.3, 0.4) is 0 Å². The first kappa shape index (κ1) is 14.6. The average Bonchev–Trinajstić information content (AvgIpc) is 2.37. The van der Waals surface area contributed by atoms with Gasteiger partial charge in [0, 0.05) is 11.6 Å². The van der Waals surface area contributed by atoms with Crippen molar-refractivity contribution in [3.8, 4) is 6.07 Å². The van der Waals surface area contributed by atoms with Crippen molar-refractivity contribution in [1.82, 2.24) is 0 Å². The van der Waals surface area contributed by atoms with E-state index in [1.807, 2.05) is 0 Å². The van der Waals surface area contributed by atoms with E-state index in [1.165, 1.54) is 6.92 Å². The molecule has 0 bridgehead atoms. The monoisotopic (exact) mass is 266 g/mol. The minimum Gasteiger partial charge on any atom is -0.465 e. The van der Waals surface area contributed by atoms with E-state index in [1.54, 1.807) is 13.0 Å². The highest BCUT2D eigenvalue weighted by molar-refractivity contribution is 5.86. The van der Waals surface area contributed by atoms with Crippen LogP contribution in [-0.4, -0.2) is 17.5 Å². The Kier molecular flexibility index (Phi) is 4.17. The molecule has 1 aromatic carbocycles. The van der Waals surface area contributed by atoms with Gasteiger partial charge in [-0.2, -0.15) is 5.26 Å². The SMILES string of the molecule is CCOC(=O)C(C)(C#N)c1ccc([N+](=O)[O-])cc1F. The van der Waals surface area contributed by atoms with Crippen LogP contribution < -0.4 is 0 Å². The zero-order chi connectivity index (χ0) is 14.6. The molecule has 0 aliphatic rings. The normalized spacial score (nSPS) is 13.2. The second kappa shape index (κ2) is 5.44. The molecule has 0 aliphatic heterocycles. The third kappa shape index (κ3) is 2.68. The Morgan fingerprint density at radius 1 is 1.63 bits per heavy atom. The molecule has 0 amide bonds. The second-order valence-electron chi connectivity index (χ2n) is 3.88. The van der Waals surface area contributed by atoms with Crippen molar-refractivity contribution in [2.24, 2.45) is 0 Å². The molecule has 0 saturated carbocycles. The van der Waals surface area contributed by atoms with Gasteiger partial charge in [-0.15, -0.1) is 0 Å². The smallest absolute Gasteiger partial charge is 0.330 e. The number of benzene rings is 1. The maximum absolute atomic E-state index is 13.8. The van der Waals surface area contributed by atoms with Gasteiger partial charge in [-0.3, -0.25) is 10.1 Å². The lowest BCUT2D eigenvalue weighted by molar-refractivity contribution is -0.385. The summed E-state index contributed by atoms with van der Waals surface area (Å²) in [4.78, 5) is 21.5. The molecule has 6 nitrogen and oxygen atoms in total. The van der Waals surface area contributed by atoms with E-state index in [2.05, 4.69) is 0 Å². The van der Waals surface area contributed by atoms with Crippen LogP contribution in [0.5, 0.6) is 0 Å². The lowest BCUT2D eigenvalue weighted by atomic mass is 9.83. The third-order valence-electron chi connectivity index (χ3n) is 2.61. The van der Waals surface area contributed by atoms with Crippen LogP contribution in [0.4, 0.5) is 10.1 Å².